The fourth-order valence-electron chi connectivity index (χ4n) is 10.5. The van der Waals surface area contributed by atoms with Crippen molar-refractivity contribution in [3.05, 3.63) is 235 Å². The third-order valence-electron chi connectivity index (χ3n) is 13.0. The Morgan fingerprint density at radius 1 is 0.306 bits per heavy atom. The summed E-state index contributed by atoms with van der Waals surface area (Å²) >= 11 is 0. The minimum absolute atomic E-state index is 0.589. The topological polar surface area (TPSA) is 51.8 Å². The number of furan rings is 1. The minimum Gasteiger partial charge on any atom is -0.456 e. The van der Waals surface area contributed by atoms with Crippen LogP contribution in [-0.4, -0.2) is 15.0 Å². The standard InChI is InChI=1S/C58H35N3O/c1-2-17-36(18-3-1)37-19-14-20-38(35-37)55-59-56(61-57(60-55)46-28-16-34-52-54(46)44-26-9-13-33-51(44)62-52)45-27-15-32-50-53(45)43-25-8-12-31-49(43)58(50)47-29-10-6-23-41(47)39-21-4-5-22-40(39)42-24-7-11-30-48(42)58/h1-35H. The van der Waals surface area contributed by atoms with Gasteiger partial charge >= 0.3 is 0 Å². The quantitative estimate of drug-likeness (QED) is 0.178. The van der Waals surface area contributed by atoms with E-state index in [1.54, 1.807) is 0 Å². The number of hydrogen-bond donors (Lipinski definition) is 0. The van der Waals surface area contributed by atoms with Crippen LogP contribution in [0.15, 0.2) is 217 Å². The lowest BCUT2D eigenvalue weighted by atomic mass is 9.66. The molecule has 0 bridgehead atoms. The van der Waals surface area contributed by atoms with Gasteiger partial charge in [-0.15, -0.1) is 0 Å². The monoisotopic (exact) mass is 789 g/mol. The van der Waals surface area contributed by atoms with Gasteiger partial charge in [-0.25, -0.2) is 15.0 Å². The van der Waals surface area contributed by atoms with Crippen molar-refractivity contribution in [1.29, 1.82) is 0 Å². The molecule has 11 aromatic rings. The molecule has 2 heterocycles. The smallest absolute Gasteiger partial charge is 0.164 e. The predicted molar refractivity (Wildman–Crippen MR) is 251 cm³/mol. The molecule has 0 saturated heterocycles. The Hall–Kier alpha value is -8.21. The Balaban J connectivity index is 1.12. The first-order chi connectivity index (χ1) is 30.8. The van der Waals surface area contributed by atoms with Gasteiger partial charge in [-0.3, -0.25) is 0 Å². The van der Waals surface area contributed by atoms with Crippen LogP contribution in [0.5, 0.6) is 0 Å². The molecule has 0 unspecified atom stereocenters. The molecule has 0 amide bonds. The maximum atomic E-state index is 6.39. The summed E-state index contributed by atoms with van der Waals surface area (Å²) in [5.74, 6) is 1.81. The summed E-state index contributed by atoms with van der Waals surface area (Å²) < 4.78 is 6.39. The molecule has 9 aromatic carbocycles. The van der Waals surface area contributed by atoms with Crippen LogP contribution in [0.25, 0.3) is 101 Å². The maximum absolute atomic E-state index is 6.39. The third-order valence-corrected chi connectivity index (χ3v) is 13.0. The second-order valence-corrected chi connectivity index (χ2v) is 16.2. The van der Waals surface area contributed by atoms with Crippen LogP contribution in [0, 0.1) is 0 Å². The highest BCUT2D eigenvalue weighted by molar-refractivity contribution is 6.12. The highest BCUT2D eigenvalue weighted by Gasteiger charge is 2.50. The van der Waals surface area contributed by atoms with Gasteiger partial charge in [0, 0.05) is 27.5 Å². The van der Waals surface area contributed by atoms with Crippen molar-refractivity contribution in [2.45, 2.75) is 5.41 Å². The normalized spacial score (nSPS) is 13.0. The van der Waals surface area contributed by atoms with Gasteiger partial charge in [-0.05, 0) is 85.0 Å². The molecular weight excluding hydrogens is 755 g/mol. The van der Waals surface area contributed by atoms with Crippen molar-refractivity contribution in [2.75, 3.05) is 0 Å². The van der Waals surface area contributed by atoms with Gasteiger partial charge in [0.25, 0.3) is 0 Å². The average molecular weight is 790 g/mol. The van der Waals surface area contributed by atoms with Gasteiger partial charge in [-0.1, -0.05) is 194 Å². The van der Waals surface area contributed by atoms with Crippen LogP contribution in [0.3, 0.4) is 0 Å². The van der Waals surface area contributed by atoms with Crippen molar-refractivity contribution in [3.8, 4) is 78.7 Å². The summed E-state index contributed by atoms with van der Waals surface area (Å²) in [5, 5.41) is 2.01. The van der Waals surface area contributed by atoms with Crippen LogP contribution in [0.2, 0.25) is 0 Å². The molecule has 4 heteroatoms. The van der Waals surface area contributed by atoms with Crippen LogP contribution < -0.4 is 0 Å². The summed E-state index contributed by atoms with van der Waals surface area (Å²) in [4.78, 5) is 16.2. The largest absolute Gasteiger partial charge is 0.456 e. The highest BCUT2D eigenvalue weighted by atomic mass is 16.3. The van der Waals surface area contributed by atoms with E-state index in [1.165, 1.54) is 50.1 Å². The van der Waals surface area contributed by atoms with Crippen molar-refractivity contribution in [3.63, 3.8) is 0 Å². The second-order valence-electron chi connectivity index (χ2n) is 16.2. The molecule has 0 radical (unpaired) electrons. The minimum atomic E-state index is -0.627. The van der Waals surface area contributed by atoms with E-state index < -0.39 is 5.41 Å². The van der Waals surface area contributed by atoms with Gasteiger partial charge in [0.1, 0.15) is 11.2 Å². The lowest BCUT2D eigenvalue weighted by Crippen LogP contribution is -2.29. The number of para-hydroxylation sites is 1. The van der Waals surface area contributed by atoms with Gasteiger partial charge in [0.2, 0.25) is 0 Å². The van der Waals surface area contributed by atoms with Crippen LogP contribution >= 0.6 is 0 Å². The number of rotatable bonds is 4. The zero-order chi connectivity index (χ0) is 40.8. The van der Waals surface area contributed by atoms with Crippen LogP contribution in [0.1, 0.15) is 22.3 Å². The van der Waals surface area contributed by atoms with E-state index in [-0.39, 0.29) is 0 Å². The Morgan fingerprint density at radius 3 is 1.52 bits per heavy atom. The summed E-state index contributed by atoms with van der Waals surface area (Å²) in [5.41, 5.74) is 18.2. The third kappa shape index (κ3) is 4.92. The number of nitrogens with zero attached hydrogens (tertiary/aromatic N) is 3. The van der Waals surface area contributed by atoms with E-state index in [4.69, 9.17) is 19.4 Å². The van der Waals surface area contributed by atoms with Crippen molar-refractivity contribution < 1.29 is 4.42 Å². The molecule has 13 rings (SSSR count). The summed E-state index contributed by atoms with van der Waals surface area (Å²) in [6.07, 6.45) is 0. The Bertz CT molecular complexity index is 3540. The molecule has 1 spiro atoms. The van der Waals surface area contributed by atoms with Gasteiger partial charge in [-0.2, -0.15) is 0 Å². The van der Waals surface area contributed by atoms with E-state index in [0.717, 1.165) is 55.3 Å². The summed E-state index contributed by atoms with van der Waals surface area (Å²) in [6, 6.07) is 75.8. The highest BCUT2D eigenvalue weighted by Crippen LogP contribution is 2.62. The Labute approximate surface area is 358 Å². The number of benzene rings is 9. The molecule has 0 saturated carbocycles. The first-order valence-corrected chi connectivity index (χ1v) is 21.1. The van der Waals surface area contributed by atoms with Gasteiger partial charge < -0.3 is 4.42 Å². The van der Waals surface area contributed by atoms with Gasteiger partial charge in [0.05, 0.1) is 5.41 Å². The second kappa shape index (κ2) is 13.4. The Morgan fingerprint density at radius 2 is 0.774 bits per heavy atom. The van der Waals surface area contributed by atoms with Crippen molar-refractivity contribution in [1.82, 2.24) is 15.0 Å². The molecule has 2 aliphatic carbocycles. The summed E-state index contributed by atoms with van der Waals surface area (Å²) in [6.45, 7) is 0. The molecule has 4 nitrogen and oxygen atoms in total. The molecular formula is C58H35N3O. The molecule has 0 atom stereocenters. The summed E-state index contributed by atoms with van der Waals surface area (Å²) in [7, 11) is 0. The zero-order valence-electron chi connectivity index (χ0n) is 33.5. The van der Waals surface area contributed by atoms with E-state index in [9.17, 15) is 0 Å². The fraction of sp³-hybridized carbons (Fsp3) is 0.0172. The van der Waals surface area contributed by atoms with E-state index in [1.807, 2.05) is 30.3 Å². The molecule has 62 heavy (non-hydrogen) atoms. The lowest BCUT2D eigenvalue weighted by molar-refractivity contribution is 0.669. The molecule has 2 aliphatic rings. The molecule has 2 aromatic heterocycles. The first-order valence-electron chi connectivity index (χ1n) is 21.1. The van der Waals surface area contributed by atoms with Crippen LogP contribution in [-0.2, 0) is 5.41 Å². The van der Waals surface area contributed by atoms with Crippen molar-refractivity contribution >= 4 is 21.9 Å². The molecule has 0 fully saturated rings. The van der Waals surface area contributed by atoms with E-state index in [2.05, 4.69) is 182 Å². The predicted octanol–water partition coefficient (Wildman–Crippen LogP) is 14.4. The number of aromatic nitrogens is 3. The van der Waals surface area contributed by atoms with Gasteiger partial charge in [0.15, 0.2) is 17.5 Å². The fourth-order valence-corrected chi connectivity index (χ4v) is 10.5. The lowest BCUT2D eigenvalue weighted by Gasteiger charge is -2.35. The Kier molecular flexibility index (Phi) is 7.49. The average Bonchev–Trinajstić information content (AvgIpc) is 3.85. The van der Waals surface area contributed by atoms with Crippen LogP contribution in [0.4, 0.5) is 0 Å². The molecule has 0 aliphatic heterocycles. The zero-order valence-corrected chi connectivity index (χ0v) is 33.5. The molecule has 0 N–H and O–H groups in total. The van der Waals surface area contributed by atoms with E-state index >= 15 is 0 Å². The maximum Gasteiger partial charge on any atom is 0.164 e. The first kappa shape index (κ1) is 34.6. The number of fused-ring (bicyclic) bond motifs is 15. The van der Waals surface area contributed by atoms with Crippen molar-refractivity contribution in [2.24, 2.45) is 0 Å². The van der Waals surface area contributed by atoms with E-state index in [0.29, 0.717) is 17.5 Å². The number of hydrogen-bond acceptors (Lipinski definition) is 4. The molecule has 288 valence electrons. The SMILES string of the molecule is c1ccc(-c2cccc(-c3nc(-c4cccc5c4-c4ccccc4C54c5ccccc5-c5ccccc5-c5ccccc54)nc(-c4cccc5oc6ccccc6c45)n3)c2)cc1.